The molecule has 1 N–H and O–H groups in total. The summed E-state index contributed by atoms with van der Waals surface area (Å²) in [6.45, 7) is 5.70. The van der Waals surface area contributed by atoms with Gasteiger partial charge in [0, 0.05) is 5.02 Å². The van der Waals surface area contributed by atoms with Crippen LogP contribution in [0.2, 0.25) is 5.02 Å². The van der Waals surface area contributed by atoms with Crippen molar-refractivity contribution < 1.29 is 13.2 Å². The van der Waals surface area contributed by atoms with Gasteiger partial charge < -0.3 is 5.32 Å². The molecule has 1 aliphatic carbocycles. The predicted octanol–water partition coefficient (Wildman–Crippen LogP) is 5.34. The van der Waals surface area contributed by atoms with Crippen LogP contribution in [0.3, 0.4) is 0 Å². The van der Waals surface area contributed by atoms with Crippen molar-refractivity contribution >= 4 is 33.2 Å². The molecule has 32 heavy (non-hydrogen) atoms. The molecule has 0 spiro atoms. The normalized spacial score (nSPS) is 15.5. The van der Waals surface area contributed by atoms with Gasteiger partial charge in [-0.05, 0) is 79.8 Å². The van der Waals surface area contributed by atoms with Crippen molar-refractivity contribution in [3.8, 4) is 0 Å². The molecule has 2 aromatic carbocycles. The predicted molar refractivity (Wildman–Crippen MR) is 132 cm³/mol. The summed E-state index contributed by atoms with van der Waals surface area (Å²) in [5.74, 6) is -0.306. The number of carbonyl (C=O) groups is 1. The molecule has 1 aliphatic rings. The van der Waals surface area contributed by atoms with Crippen LogP contribution >= 0.6 is 11.6 Å². The second-order valence-corrected chi connectivity index (χ2v) is 10.9. The Morgan fingerprint density at radius 2 is 1.75 bits per heavy atom. The Balaban J connectivity index is 1.89. The van der Waals surface area contributed by atoms with Gasteiger partial charge in [-0.1, -0.05) is 49.7 Å². The number of carbonyl (C=O) groups excluding carboxylic acids is 1. The van der Waals surface area contributed by atoms with E-state index in [4.69, 9.17) is 11.6 Å². The molecule has 1 amide bonds. The average Bonchev–Trinajstić information content (AvgIpc) is 2.76. The lowest BCUT2D eigenvalue weighted by Gasteiger charge is -2.32. The summed E-state index contributed by atoms with van der Waals surface area (Å²) in [4.78, 5) is 13.4. The van der Waals surface area contributed by atoms with Crippen molar-refractivity contribution in [2.75, 3.05) is 10.6 Å². The number of sulfonamides is 1. The van der Waals surface area contributed by atoms with E-state index in [0.29, 0.717) is 17.1 Å². The van der Waals surface area contributed by atoms with Crippen molar-refractivity contribution in [2.45, 2.75) is 71.4 Å². The third-order valence-corrected chi connectivity index (χ3v) is 7.83. The monoisotopic (exact) mass is 476 g/mol. The number of amides is 1. The Hall–Kier alpha value is -2.05. The van der Waals surface area contributed by atoms with Crippen LogP contribution in [0.25, 0.3) is 0 Å². The van der Waals surface area contributed by atoms with E-state index in [9.17, 15) is 13.2 Å². The minimum absolute atomic E-state index is 0.174. The summed E-state index contributed by atoms with van der Waals surface area (Å²) < 4.78 is 26.6. The van der Waals surface area contributed by atoms with Gasteiger partial charge in [0.15, 0.2) is 0 Å². The van der Waals surface area contributed by atoms with Crippen LogP contribution < -0.4 is 9.62 Å². The van der Waals surface area contributed by atoms with Crippen LogP contribution in [-0.4, -0.2) is 26.6 Å². The molecule has 2 atom stereocenters. The largest absolute Gasteiger partial charge is 0.347 e. The highest BCUT2D eigenvalue weighted by molar-refractivity contribution is 7.92. The van der Waals surface area contributed by atoms with Gasteiger partial charge in [-0.3, -0.25) is 9.10 Å². The van der Waals surface area contributed by atoms with E-state index in [1.54, 1.807) is 18.2 Å². The number of hydrogen-bond acceptors (Lipinski definition) is 3. The minimum atomic E-state index is -3.71. The SMILES string of the molecule is CCC(NC(=O)C(CC)N(c1ccc(C)c(Cl)c1)S(C)(=O)=O)c1ccc2c(c1)CCCC2. The third kappa shape index (κ3) is 5.46. The maximum absolute atomic E-state index is 13.4. The number of fused-ring (bicyclic) bond motifs is 1. The fraction of sp³-hybridized carbons (Fsp3) is 0.480. The third-order valence-electron chi connectivity index (χ3n) is 6.24. The van der Waals surface area contributed by atoms with Crippen LogP contribution in [0.4, 0.5) is 5.69 Å². The Morgan fingerprint density at radius 3 is 2.34 bits per heavy atom. The van der Waals surface area contributed by atoms with Gasteiger partial charge in [0.05, 0.1) is 18.0 Å². The Morgan fingerprint density at radius 1 is 1.06 bits per heavy atom. The Bertz CT molecular complexity index is 1080. The van der Waals surface area contributed by atoms with Gasteiger partial charge in [-0.15, -0.1) is 0 Å². The molecule has 0 heterocycles. The van der Waals surface area contributed by atoms with Crippen LogP contribution in [-0.2, 0) is 27.7 Å². The minimum Gasteiger partial charge on any atom is -0.347 e. The summed E-state index contributed by atoms with van der Waals surface area (Å²) in [6.07, 6.45) is 6.78. The van der Waals surface area contributed by atoms with Gasteiger partial charge in [0.1, 0.15) is 6.04 Å². The molecular weight excluding hydrogens is 444 g/mol. The van der Waals surface area contributed by atoms with Crippen LogP contribution in [0, 0.1) is 6.92 Å². The summed E-state index contributed by atoms with van der Waals surface area (Å²) in [6, 6.07) is 10.5. The van der Waals surface area contributed by atoms with Crippen molar-refractivity contribution in [1.29, 1.82) is 0 Å². The molecule has 0 saturated carbocycles. The maximum atomic E-state index is 13.4. The molecule has 174 valence electrons. The molecule has 5 nitrogen and oxygen atoms in total. The number of nitrogens with zero attached hydrogens (tertiary/aromatic N) is 1. The van der Waals surface area contributed by atoms with Gasteiger partial charge in [-0.2, -0.15) is 0 Å². The number of anilines is 1. The van der Waals surface area contributed by atoms with E-state index in [0.717, 1.165) is 36.6 Å². The van der Waals surface area contributed by atoms with Crippen molar-refractivity contribution in [3.05, 3.63) is 63.7 Å². The first kappa shape index (κ1) is 24.6. The zero-order chi connectivity index (χ0) is 23.5. The fourth-order valence-electron chi connectivity index (χ4n) is 4.44. The van der Waals surface area contributed by atoms with E-state index in [-0.39, 0.29) is 11.9 Å². The van der Waals surface area contributed by atoms with Gasteiger partial charge in [0.2, 0.25) is 15.9 Å². The van der Waals surface area contributed by atoms with E-state index >= 15 is 0 Å². The molecule has 2 unspecified atom stereocenters. The van der Waals surface area contributed by atoms with Crippen LogP contribution in [0.5, 0.6) is 0 Å². The van der Waals surface area contributed by atoms with Crippen molar-refractivity contribution in [1.82, 2.24) is 5.32 Å². The topological polar surface area (TPSA) is 66.5 Å². The lowest BCUT2D eigenvalue weighted by Crippen LogP contribution is -2.50. The molecular formula is C25H33ClN2O3S. The van der Waals surface area contributed by atoms with E-state index in [1.807, 2.05) is 20.8 Å². The molecule has 3 rings (SSSR count). The zero-order valence-corrected chi connectivity index (χ0v) is 20.9. The van der Waals surface area contributed by atoms with Crippen molar-refractivity contribution in [2.24, 2.45) is 0 Å². The summed E-state index contributed by atoms with van der Waals surface area (Å²) in [5.41, 5.74) is 5.07. The standard InChI is InChI=1S/C25H33ClN2O3S/c1-5-23(20-13-12-18-9-7-8-10-19(18)15-20)27-25(29)24(6-2)28(32(4,30)31)21-14-11-17(3)22(26)16-21/h11-16,23-24H,5-10H2,1-4H3,(H,27,29). The summed E-state index contributed by atoms with van der Waals surface area (Å²) in [7, 11) is -3.71. The number of aryl methyl sites for hydroxylation is 3. The van der Waals surface area contributed by atoms with Crippen molar-refractivity contribution in [3.63, 3.8) is 0 Å². The lowest BCUT2D eigenvalue weighted by atomic mass is 9.88. The highest BCUT2D eigenvalue weighted by Crippen LogP contribution is 2.29. The highest BCUT2D eigenvalue weighted by Gasteiger charge is 2.33. The Labute approximate surface area is 197 Å². The molecule has 7 heteroatoms. The number of nitrogens with one attached hydrogen (secondary N) is 1. The molecule has 0 bridgehead atoms. The van der Waals surface area contributed by atoms with Gasteiger partial charge >= 0.3 is 0 Å². The average molecular weight is 477 g/mol. The molecule has 0 fully saturated rings. The first-order valence-electron chi connectivity index (χ1n) is 11.3. The summed E-state index contributed by atoms with van der Waals surface area (Å²) >= 11 is 6.26. The van der Waals surface area contributed by atoms with Gasteiger partial charge in [0.25, 0.3) is 0 Å². The van der Waals surface area contributed by atoms with Crippen LogP contribution in [0.1, 0.15) is 67.8 Å². The number of hydrogen-bond donors (Lipinski definition) is 1. The Kier molecular flexibility index (Phi) is 7.88. The number of benzene rings is 2. The van der Waals surface area contributed by atoms with Crippen LogP contribution in [0.15, 0.2) is 36.4 Å². The molecule has 0 aliphatic heterocycles. The second kappa shape index (κ2) is 10.3. The highest BCUT2D eigenvalue weighted by atomic mass is 35.5. The number of rotatable bonds is 8. The molecule has 0 aromatic heterocycles. The number of halogens is 1. The fourth-order valence-corrected chi connectivity index (χ4v) is 5.82. The molecule has 0 radical (unpaired) electrons. The van der Waals surface area contributed by atoms with E-state index in [2.05, 4.69) is 23.5 Å². The molecule has 0 saturated heterocycles. The van der Waals surface area contributed by atoms with Gasteiger partial charge in [-0.25, -0.2) is 8.42 Å². The smallest absolute Gasteiger partial charge is 0.244 e. The first-order chi connectivity index (χ1) is 15.2. The maximum Gasteiger partial charge on any atom is 0.244 e. The first-order valence-corrected chi connectivity index (χ1v) is 13.6. The summed E-state index contributed by atoms with van der Waals surface area (Å²) in [5, 5.41) is 3.58. The quantitative estimate of drug-likeness (QED) is 0.559. The molecule has 2 aromatic rings. The lowest BCUT2D eigenvalue weighted by molar-refractivity contribution is -0.123. The second-order valence-electron chi connectivity index (χ2n) is 8.62. The zero-order valence-electron chi connectivity index (χ0n) is 19.3. The van der Waals surface area contributed by atoms with E-state index in [1.165, 1.54) is 28.3 Å². The van der Waals surface area contributed by atoms with E-state index < -0.39 is 16.1 Å².